The molecule has 0 unspecified atom stereocenters. The molecule has 1 aromatic heterocycles. The molecule has 1 atom stereocenters. The highest BCUT2D eigenvalue weighted by molar-refractivity contribution is 7.98. The second kappa shape index (κ2) is 4.96. The Bertz CT molecular complexity index is 337. The maximum Gasteiger partial charge on any atom is 0.0961 e. The summed E-state index contributed by atoms with van der Waals surface area (Å²) in [6, 6.07) is 4.08. The minimum Gasteiger partial charge on any atom is -0.390 e. The predicted octanol–water partition coefficient (Wildman–Crippen LogP) is 1.80. The number of nitrogens with zero attached hydrogens (tertiary/aromatic N) is 1. The quantitative estimate of drug-likeness (QED) is 0.797. The SMILES string of the molecule is CSc1ccc([C@@H]2CCOC2)c(CO)n1. The zero-order chi connectivity index (χ0) is 10.7. The lowest BCUT2D eigenvalue weighted by atomic mass is 9.97. The van der Waals surface area contributed by atoms with Crippen LogP contribution in [0, 0.1) is 0 Å². The average molecular weight is 225 g/mol. The molecule has 1 saturated heterocycles. The van der Waals surface area contributed by atoms with Crippen LogP contribution in [0.1, 0.15) is 23.6 Å². The van der Waals surface area contributed by atoms with Gasteiger partial charge in [0.15, 0.2) is 0 Å². The smallest absolute Gasteiger partial charge is 0.0961 e. The molecule has 15 heavy (non-hydrogen) atoms. The van der Waals surface area contributed by atoms with Crippen molar-refractivity contribution in [2.24, 2.45) is 0 Å². The van der Waals surface area contributed by atoms with E-state index in [9.17, 15) is 5.11 Å². The van der Waals surface area contributed by atoms with E-state index in [4.69, 9.17) is 4.74 Å². The topological polar surface area (TPSA) is 42.4 Å². The van der Waals surface area contributed by atoms with E-state index in [0.717, 1.165) is 35.9 Å². The van der Waals surface area contributed by atoms with Crippen molar-refractivity contribution >= 4 is 11.8 Å². The molecular weight excluding hydrogens is 210 g/mol. The van der Waals surface area contributed by atoms with Crippen molar-refractivity contribution in [2.75, 3.05) is 19.5 Å². The van der Waals surface area contributed by atoms with Gasteiger partial charge in [-0.15, -0.1) is 11.8 Å². The number of aliphatic hydroxyl groups is 1. The lowest BCUT2D eigenvalue weighted by molar-refractivity contribution is 0.193. The standard InChI is InChI=1S/C11H15NO2S/c1-15-11-3-2-9(10(6-13)12-11)8-4-5-14-7-8/h2-3,8,13H,4-7H2,1H3/t8-/m1/s1. The van der Waals surface area contributed by atoms with Gasteiger partial charge in [0.1, 0.15) is 0 Å². The maximum atomic E-state index is 9.29. The Kier molecular flexibility index (Phi) is 3.61. The van der Waals surface area contributed by atoms with Crippen LogP contribution < -0.4 is 0 Å². The van der Waals surface area contributed by atoms with Crippen molar-refractivity contribution in [3.8, 4) is 0 Å². The molecule has 1 aromatic rings. The fourth-order valence-corrected chi connectivity index (χ4v) is 2.29. The van der Waals surface area contributed by atoms with Gasteiger partial charge >= 0.3 is 0 Å². The van der Waals surface area contributed by atoms with Crippen molar-refractivity contribution in [1.29, 1.82) is 0 Å². The van der Waals surface area contributed by atoms with Crippen molar-refractivity contribution in [3.63, 3.8) is 0 Å². The highest BCUT2D eigenvalue weighted by Gasteiger charge is 2.21. The van der Waals surface area contributed by atoms with Gasteiger partial charge in [0.2, 0.25) is 0 Å². The second-order valence-corrected chi connectivity index (χ2v) is 4.43. The van der Waals surface area contributed by atoms with E-state index in [0.29, 0.717) is 5.92 Å². The molecule has 1 fully saturated rings. The average Bonchev–Trinajstić information content (AvgIpc) is 2.81. The van der Waals surface area contributed by atoms with Crippen LogP contribution >= 0.6 is 11.8 Å². The molecule has 0 radical (unpaired) electrons. The number of rotatable bonds is 3. The molecule has 2 rings (SSSR count). The Labute approximate surface area is 93.9 Å². The second-order valence-electron chi connectivity index (χ2n) is 3.61. The third kappa shape index (κ3) is 2.33. The summed E-state index contributed by atoms with van der Waals surface area (Å²) < 4.78 is 5.35. The molecule has 0 bridgehead atoms. The van der Waals surface area contributed by atoms with Gasteiger partial charge in [0, 0.05) is 12.5 Å². The summed E-state index contributed by atoms with van der Waals surface area (Å²) >= 11 is 1.60. The Hall–Kier alpha value is -0.580. The molecule has 0 aromatic carbocycles. The molecule has 2 heterocycles. The van der Waals surface area contributed by atoms with E-state index in [1.165, 1.54) is 0 Å². The molecule has 0 aliphatic carbocycles. The predicted molar refractivity (Wildman–Crippen MR) is 60.1 cm³/mol. The molecule has 3 nitrogen and oxygen atoms in total. The van der Waals surface area contributed by atoms with Crippen LogP contribution in [-0.4, -0.2) is 29.6 Å². The lowest BCUT2D eigenvalue weighted by Crippen LogP contribution is -2.05. The van der Waals surface area contributed by atoms with Gasteiger partial charge in [0.25, 0.3) is 0 Å². The van der Waals surface area contributed by atoms with Gasteiger partial charge < -0.3 is 9.84 Å². The fourth-order valence-electron chi connectivity index (χ4n) is 1.88. The molecule has 1 aliphatic heterocycles. The van der Waals surface area contributed by atoms with Crippen LogP contribution in [0.4, 0.5) is 0 Å². The van der Waals surface area contributed by atoms with Crippen molar-refractivity contribution < 1.29 is 9.84 Å². The van der Waals surface area contributed by atoms with Crippen LogP contribution in [0.2, 0.25) is 0 Å². The first-order valence-electron chi connectivity index (χ1n) is 5.07. The van der Waals surface area contributed by atoms with Crippen LogP contribution in [0.5, 0.6) is 0 Å². The molecular formula is C11H15NO2S. The first kappa shape index (κ1) is 10.9. The fraction of sp³-hybridized carbons (Fsp3) is 0.545. The van der Waals surface area contributed by atoms with Gasteiger partial charge in [-0.05, 0) is 24.3 Å². The maximum absolute atomic E-state index is 9.29. The van der Waals surface area contributed by atoms with E-state index in [1.807, 2.05) is 12.3 Å². The minimum atomic E-state index is 0.0141. The molecule has 82 valence electrons. The van der Waals surface area contributed by atoms with Crippen LogP contribution in [-0.2, 0) is 11.3 Å². The molecule has 0 spiro atoms. The van der Waals surface area contributed by atoms with Gasteiger partial charge in [-0.25, -0.2) is 4.98 Å². The first-order chi connectivity index (χ1) is 7.35. The highest BCUT2D eigenvalue weighted by Crippen LogP contribution is 2.28. The monoisotopic (exact) mass is 225 g/mol. The summed E-state index contributed by atoms with van der Waals surface area (Å²) in [7, 11) is 0. The third-order valence-corrected chi connectivity index (χ3v) is 3.36. The summed E-state index contributed by atoms with van der Waals surface area (Å²) in [6.45, 7) is 1.59. The largest absolute Gasteiger partial charge is 0.390 e. The molecule has 1 N–H and O–H groups in total. The number of hydrogen-bond donors (Lipinski definition) is 1. The van der Waals surface area contributed by atoms with Gasteiger partial charge in [-0.1, -0.05) is 6.07 Å². The van der Waals surface area contributed by atoms with Crippen LogP contribution in [0.3, 0.4) is 0 Å². The van der Waals surface area contributed by atoms with E-state index in [1.54, 1.807) is 11.8 Å². The van der Waals surface area contributed by atoms with E-state index < -0.39 is 0 Å². The van der Waals surface area contributed by atoms with Crippen LogP contribution in [0.15, 0.2) is 17.2 Å². The lowest BCUT2D eigenvalue weighted by Gasteiger charge is -2.12. The number of ether oxygens (including phenoxy) is 1. The van der Waals surface area contributed by atoms with Gasteiger partial charge in [-0.3, -0.25) is 0 Å². The van der Waals surface area contributed by atoms with Gasteiger partial charge in [0.05, 0.1) is 23.9 Å². The Morgan fingerprint density at radius 2 is 2.47 bits per heavy atom. The molecule has 0 amide bonds. The Morgan fingerprint density at radius 1 is 1.60 bits per heavy atom. The number of aromatic nitrogens is 1. The van der Waals surface area contributed by atoms with E-state index in [-0.39, 0.29) is 6.61 Å². The highest BCUT2D eigenvalue weighted by atomic mass is 32.2. The van der Waals surface area contributed by atoms with Crippen molar-refractivity contribution in [2.45, 2.75) is 24.0 Å². The molecule has 4 heteroatoms. The summed E-state index contributed by atoms with van der Waals surface area (Å²) in [5.74, 6) is 0.413. The minimum absolute atomic E-state index is 0.0141. The number of aliphatic hydroxyl groups excluding tert-OH is 1. The first-order valence-corrected chi connectivity index (χ1v) is 6.30. The van der Waals surface area contributed by atoms with Gasteiger partial charge in [-0.2, -0.15) is 0 Å². The number of hydrogen-bond acceptors (Lipinski definition) is 4. The summed E-state index contributed by atoms with van der Waals surface area (Å²) in [5.41, 5.74) is 1.95. The van der Waals surface area contributed by atoms with E-state index in [2.05, 4.69) is 11.1 Å². The molecule has 1 aliphatic rings. The third-order valence-electron chi connectivity index (χ3n) is 2.71. The number of pyridine rings is 1. The Morgan fingerprint density at radius 3 is 3.07 bits per heavy atom. The Balaban J connectivity index is 2.29. The summed E-state index contributed by atoms with van der Waals surface area (Å²) in [5, 5.41) is 10.2. The zero-order valence-corrected chi connectivity index (χ0v) is 9.59. The van der Waals surface area contributed by atoms with Crippen LogP contribution in [0.25, 0.3) is 0 Å². The normalized spacial score (nSPS) is 20.8. The number of thioether (sulfide) groups is 1. The summed E-state index contributed by atoms with van der Waals surface area (Å²) in [6.07, 6.45) is 3.02. The van der Waals surface area contributed by atoms with Crippen molar-refractivity contribution in [1.82, 2.24) is 4.98 Å². The van der Waals surface area contributed by atoms with Crippen molar-refractivity contribution in [3.05, 3.63) is 23.4 Å². The molecule has 0 saturated carbocycles. The van der Waals surface area contributed by atoms with E-state index >= 15 is 0 Å². The zero-order valence-electron chi connectivity index (χ0n) is 8.77. The summed E-state index contributed by atoms with van der Waals surface area (Å²) in [4.78, 5) is 4.41.